The standard InChI is InChI=1S/C29H31ClN6/c1-17(2)20-5-6-22-21(15-20)16-29(27(22)31)9-13-35(14-10-29)28-24-8-12-33-36(24)26(19(4)34-28)23-7-11-32-18(3)25(23)30/h5-8,11-12,15,27H,1,9-10,13-14,16,31H2,2-4H3/t27-/m1/s1. The van der Waals surface area contributed by atoms with Crippen molar-refractivity contribution in [3.63, 3.8) is 0 Å². The van der Waals surface area contributed by atoms with E-state index in [-0.39, 0.29) is 11.5 Å². The van der Waals surface area contributed by atoms with Gasteiger partial charge < -0.3 is 10.6 Å². The van der Waals surface area contributed by atoms with Crippen molar-refractivity contribution in [1.82, 2.24) is 19.6 Å². The number of hydrogen-bond donors (Lipinski definition) is 1. The van der Waals surface area contributed by atoms with E-state index >= 15 is 0 Å². The Morgan fingerprint density at radius 1 is 1.11 bits per heavy atom. The zero-order chi connectivity index (χ0) is 25.2. The van der Waals surface area contributed by atoms with Crippen molar-refractivity contribution in [2.24, 2.45) is 11.1 Å². The number of aromatic nitrogens is 4. The van der Waals surface area contributed by atoms with Gasteiger partial charge >= 0.3 is 0 Å². The summed E-state index contributed by atoms with van der Waals surface area (Å²) in [6, 6.07) is 10.7. The minimum absolute atomic E-state index is 0.0675. The van der Waals surface area contributed by atoms with Crippen molar-refractivity contribution < 1.29 is 0 Å². The van der Waals surface area contributed by atoms with E-state index in [2.05, 4.69) is 46.7 Å². The molecule has 0 amide bonds. The monoisotopic (exact) mass is 498 g/mol. The molecule has 184 valence electrons. The lowest BCUT2D eigenvalue weighted by molar-refractivity contribution is 0.187. The van der Waals surface area contributed by atoms with E-state index in [0.29, 0.717) is 5.02 Å². The first-order valence-electron chi connectivity index (χ1n) is 12.5. The Kier molecular flexibility index (Phi) is 5.43. The molecule has 0 saturated carbocycles. The molecule has 4 aromatic rings. The number of piperidine rings is 1. The van der Waals surface area contributed by atoms with E-state index in [0.717, 1.165) is 71.9 Å². The smallest absolute Gasteiger partial charge is 0.155 e. The number of fused-ring (bicyclic) bond motifs is 2. The normalized spacial score (nSPS) is 18.7. The Labute approximate surface area is 216 Å². The first-order valence-corrected chi connectivity index (χ1v) is 12.9. The zero-order valence-corrected chi connectivity index (χ0v) is 21.8. The number of rotatable bonds is 3. The molecular formula is C29H31ClN6. The minimum Gasteiger partial charge on any atom is -0.355 e. The molecular weight excluding hydrogens is 468 g/mol. The minimum atomic E-state index is 0.0675. The van der Waals surface area contributed by atoms with E-state index in [1.807, 2.05) is 36.7 Å². The summed E-state index contributed by atoms with van der Waals surface area (Å²) in [5, 5.41) is 5.29. The van der Waals surface area contributed by atoms with Crippen LogP contribution in [0.1, 0.15) is 53.9 Å². The van der Waals surface area contributed by atoms with Gasteiger partial charge in [0.25, 0.3) is 0 Å². The summed E-state index contributed by atoms with van der Waals surface area (Å²) in [7, 11) is 0. The highest BCUT2D eigenvalue weighted by molar-refractivity contribution is 6.33. The number of halogens is 1. The maximum Gasteiger partial charge on any atom is 0.155 e. The number of allylic oxidation sites excluding steroid dienone is 1. The van der Waals surface area contributed by atoms with Crippen molar-refractivity contribution in [3.05, 3.63) is 82.4 Å². The van der Waals surface area contributed by atoms with Crippen molar-refractivity contribution >= 4 is 28.5 Å². The van der Waals surface area contributed by atoms with Gasteiger partial charge in [-0.1, -0.05) is 42.0 Å². The highest BCUT2D eigenvalue weighted by Crippen LogP contribution is 2.51. The fourth-order valence-electron chi connectivity index (χ4n) is 6.14. The summed E-state index contributed by atoms with van der Waals surface area (Å²) in [5.74, 6) is 0.971. The average Bonchev–Trinajstić information content (AvgIpc) is 3.44. The Morgan fingerprint density at radius 3 is 2.64 bits per heavy atom. The molecule has 1 saturated heterocycles. The van der Waals surface area contributed by atoms with Crippen LogP contribution in [0.4, 0.5) is 5.82 Å². The molecule has 6 rings (SSSR count). The summed E-state index contributed by atoms with van der Waals surface area (Å²) in [4.78, 5) is 11.8. The predicted molar refractivity (Wildman–Crippen MR) is 146 cm³/mol. The van der Waals surface area contributed by atoms with Gasteiger partial charge in [-0.05, 0) is 74.3 Å². The average molecular weight is 499 g/mol. The van der Waals surface area contributed by atoms with Crippen LogP contribution in [-0.2, 0) is 6.42 Å². The second-order valence-corrected chi connectivity index (χ2v) is 10.8. The third-order valence-electron chi connectivity index (χ3n) is 8.25. The van der Waals surface area contributed by atoms with Gasteiger partial charge in [-0.2, -0.15) is 5.10 Å². The van der Waals surface area contributed by atoms with Gasteiger partial charge in [0.15, 0.2) is 5.82 Å². The third-order valence-corrected chi connectivity index (χ3v) is 8.73. The van der Waals surface area contributed by atoms with Crippen molar-refractivity contribution in [3.8, 4) is 11.3 Å². The molecule has 2 N–H and O–H groups in total. The van der Waals surface area contributed by atoms with Crippen molar-refractivity contribution in [2.75, 3.05) is 18.0 Å². The molecule has 1 aliphatic heterocycles. The topological polar surface area (TPSA) is 72.3 Å². The second-order valence-electron chi connectivity index (χ2n) is 10.5. The predicted octanol–water partition coefficient (Wildman–Crippen LogP) is 5.94. The summed E-state index contributed by atoms with van der Waals surface area (Å²) >= 11 is 6.65. The summed E-state index contributed by atoms with van der Waals surface area (Å²) in [6.45, 7) is 11.9. The van der Waals surface area contributed by atoms with Gasteiger partial charge in [-0.3, -0.25) is 4.98 Å². The fraction of sp³-hybridized carbons (Fsp3) is 0.345. The van der Waals surface area contributed by atoms with E-state index in [1.165, 1.54) is 16.7 Å². The maximum absolute atomic E-state index is 6.89. The van der Waals surface area contributed by atoms with Crippen molar-refractivity contribution in [1.29, 1.82) is 0 Å². The summed E-state index contributed by atoms with van der Waals surface area (Å²) in [6.07, 6.45) is 6.71. The largest absolute Gasteiger partial charge is 0.355 e. The molecule has 2 aliphatic rings. The number of aryl methyl sites for hydroxylation is 2. The lowest BCUT2D eigenvalue weighted by Crippen LogP contribution is -2.44. The number of anilines is 1. The summed E-state index contributed by atoms with van der Waals surface area (Å²) in [5.41, 5.74) is 16.5. The third kappa shape index (κ3) is 3.46. The Hall–Kier alpha value is -3.22. The van der Waals surface area contributed by atoms with Gasteiger partial charge in [0.05, 0.1) is 28.3 Å². The van der Waals surface area contributed by atoms with Crippen molar-refractivity contribution in [2.45, 2.75) is 46.1 Å². The van der Waals surface area contributed by atoms with Gasteiger partial charge in [0, 0.05) is 30.9 Å². The maximum atomic E-state index is 6.89. The van der Waals surface area contributed by atoms with Crippen LogP contribution < -0.4 is 10.6 Å². The Balaban J connectivity index is 1.31. The molecule has 0 radical (unpaired) electrons. The van der Waals surface area contributed by atoms with Gasteiger partial charge in [0.1, 0.15) is 5.52 Å². The molecule has 1 atom stereocenters. The SMILES string of the molecule is C=C(C)c1ccc2c(c1)CC1(CCN(c3nc(C)c(-c4ccnc(C)c4Cl)n4nccc34)CC1)[C@@H]2N. The molecule has 1 aliphatic carbocycles. The van der Waals surface area contributed by atoms with Crippen LogP contribution in [0, 0.1) is 19.3 Å². The van der Waals surface area contributed by atoms with Crippen LogP contribution in [0.25, 0.3) is 22.3 Å². The second kappa shape index (κ2) is 8.43. The van der Waals surface area contributed by atoms with Gasteiger partial charge in [-0.25, -0.2) is 9.50 Å². The molecule has 0 unspecified atom stereocenters. The molecule has 36 heavy (non-hydrogen) atoms. The van der Waals surface area contributed by atoms with Crippen LogP contribution in [0.3, 0.4) is 0 Å². The quantitative estimate of drug-likeness (QED) is 0.378. The van der Waals surface area contributed by atoms with E-state index in [4.69, 9.17) is 22.3 Å². The van der Waals surface area contributed by atoms with Gasteiger partial charge in [0.2, 0.25) is 0 Å². The van der Waals surface area contributed by atoms with E-state index in [9.17, 15) is 0 Å². The zero-order valence-electron chi connectivity index (χ0n) is 21.1. The molecule has 3 aromatic heterocycles. The van der Waals surface area contributed by atoms with Gasteiger partial charge in [-0.15, -0.1) is 0 Å². The summed E-state index contributed by atoms with van der Waals surface area (Å²) < 4.78 is 1.97. The number of nitrogens with zero attached hydrogens (tertiary/aromatic N) is 5. The molecule has 1 fully saturated rings. The number of benzene rings is 1. The van der Waals surface area contributed by atoms with Crippen LogP contribution in [0.2, 0.25) is 5.02 Å². The number of nitrogens with two attached hydrogens (primary N) is 1. The number of pyridine rings is 1. The van der Waals surface area contributed by atoms with Crippen LogP contribution in [-0.4, -0.2) is 32.7 Å². The molecule has 6 nitrogen and oxygen atoms in total. The molecule has 1 aromatic carbocycles. The first kappa shape index (κ1) is 23.2. The number of hydrogen-bond acceptors (Lipinski definition) is 5. The lowest BCUT2D eigenvalue weighted by atomic mass is 9.73. The Bertz CT molecular complexity index is 1510. The highest BCUT2D eigenvalue weighted by Gasteiger charge is 2.46. The molecule has 0 bridgehead atoms. The Morgan fingerprint density at radius 2 is 1.89 bits per heavy atom. The lowest BCUT2D eigenvalue weighted by Gasteiger charge is -2.42. The fourth-order valence-corrected chi connectivity index (χ4v) is 6.35. The van der Waals surface area contributed by atoms with Crippen LogP contribution in [0.15, 0.2) is 49.3 Å². The highest BCUT2D eigenvalue weighted by atomic mass is 35.5. The first-order chi connectivity index (χ1) is 17.3. The molecule has 4 heterocycles. The molecule has 7 heteroatoms. The van der Waals surface area contributed by atoms with E-state index < -0.39 is 0 Å². The van der Waals surface area contributed by atoms with Crippen LogP contribution >= 0.6 is 11.6 Å². The van der Waals surface area contributed by atoms with Crippen LogP contribution in [0.5, 0.6) is 0 Å². The van der Waals surface area contributed by atoms with E-state index in [1.54, 1.807) is 6.20 Å². The molecule has 1 spiro atoms.